The van der Waals surface area contributed by atoms with Gasteiger partial charge in [-0.3, -0.25) is 9.59 Å². The van der Waals surface area contributed by atoms with Gasteiger partial charge in [-0.25, -0.2) is 9.97 Å². The molecule has 8 heteroatoms. The smallest absolute Gasteiger partial charge is 0.260 e. The third-order valence-electron chi connectivity index (χ3n) is 6.01. The topological polar surface area (TPSA) is 87.7 Å². The average molecular weight is 424 g/mol. The minimum Gasteiger partial charge on any atom is -0.484 e. The SMILES string of the molecule is CNc1nc([C@H]2CCCN(C(C)=O)C2)nc2c1CCN(C(=O)COc1ccccc1)C2. The Morgan fingerprint density at radius 2 is 1.97 bits per heavy atom. The van der Waals surface area contributed by atoms with Crippen molar-refractivity contribution in [3.63, 3.8) is 0 Å². The molecule has 1 saturated heterocycles. The number of anilines is 1. The molecule has 1 N–H and O–H groups in total. The van der Waals surface area contributed by atoms with Gasteiger partial charge in [-0.15, -0.1) is 0 Å². The highest BCUT2D eigenvalue weighted by atomic mass is 16.5. The minimum absolute atomic E-state index is 0.00632. The van der Waals surface area contributed by atoms with E-state index in [2.05, 4.69) is 5.32 Å². The summed E-state index contributed by atoms with van der Waals surface area (Å²) in [7, 11) is 1.86. The van der Waals surface area contributed by atoms with Crippen LogP contribution in [0.1, 0.15) is 42.8 Å². The summed E-state index contributed by atoms with van der Waals surface area (Å²) < 4.78 is 5.63. The number of nitrogens with one attached hydrogen (secondary N) is 1. The molecule has 164 valence electrons. The first kappa shape index (κ1) is 21.1. The third-order valence-corrected chi connectivity index (χ3v) is 6.01. The molecule has 1 fully saturated rings. The van der Waals surface area contributed by atoms with Crippen LogP contribution >= 0.6 is 0 Å². The first-order valence-corrected chi connectivity index (χ1v) is 10.8. The monoisotopic (exact) mass is 423 g/mol. The number of hydrogen-bond donors (Lipinski definition) is 1. The molecule has 31 heavy (non-hydrogen) atoms. The summed E-state index contributed by atoms with van der Waals surface area (Å²) >= 11 is 0. The molecule has 2 amide bonds. The predicted molar refractivity (Wildman–Crippen MR) is 117 cm³/mol. The van der Waals surface area contributed by atoms with Gasteiger partial charge in [0.15, 0.2) is 6.61 Å². The van der Waals surface area contributed by atoms with Crippen molar-refractivity contribution in [2.75, 3.05) is 38.6 Å². The number of nitrogens with zero attached hydrogens (tertiary/aromatic N) is 4. The Kier molecular flexibility index (Phi) is 6.34. The molecule has 1 atom stereocenters. The zero-order valence-corrected chi connectivity index (χ0v) is 18.1. The first-order chi connectivity index (χ1) is 15.0. The number of likely N-dealkylation sites (tertiary alicyclic amines) is 1. The summed E-state index contributed by atoms with van der Waals surface area (Å²) in [5.41, 5.74) is 1.95. The van der Waals surface area contributed by atoms with Gasteiger partial charge in [-0.1, -0.05) is 18.2 Å². The summed E-state index contributed by atoms with van der Waals surface area (Å²) in [4.78, 5) is 37.9. The van der Waals surface area contributed by atoms with Crippen LogP contribution in [0, 0.1) is 0 Å². The summed E-state index contributed by atoms with van der Waals surface area (Å²) in [6, 6.07) is 9.35. The molecule has 2 aliphatic rings. The van der Waals surface area contributed by atoms with E-state index < -0.39 is 0 Å². The highest BCUT2D eigenvalue weighted by molar-refractivity contribution is 5.78. The van der Waals surface area contributed by atoms with Crippen LogP contribution in [0.3, 0.4) is 0 Å². The number of fused-ring (bicyclic) bond motifs is 1. The Morgan fingerprint density at radius 1 is 1.16 bits per heavy atom. The van der Waals surface area contributed by atoms with E-state index in [1.54, 1.807) is 11.8 Å². The van der Waals surface area contributed by atoms with E-state index >= 15 is 0 Å². The van der Waals surface area contributed by atoms with E-state index in [4.69, 9.17) is 14.7 Å². The van der Waals surface area contributed by atoms with Crippen LogP contribution in [0.15, 0.2) is 30.3 Å². The molecule has 0 aliphatic carbocycles. The maximum absolute atomic E-state index is 12.7. The Balaban J connectivity index is 1.49. The lowest BCUT2D eigenvalue weighted by atomic mass is 9.96. The molecule has 8 nitrogen and oxygen atoms in total. The normalized spacial score (nSPS) is 18.3. The Labute approximate surface area is 182 Å². The molecule has 0 radical (unpaired) electrons. The number of carbonyl (C=O) groups excluding carboxylic acids is 2. The molecule has 2 aliphatic heterocycles. The van der Waals surface area contributed by atoms with Crippen molar-refractivity contribution in [1.29, 1.82) is 0 Å². The molecule has 0 saturated carbocycles. The summed E-state index contributed by atoms with van der Waals surface area (Å²) in [5.74, 6) is 2.41. The Morgan fingerprint density at radius 3 is 2.71 bits per heavy atom. The number of benzene rings is 1. The average Bonchev–Trinajstić information content (AvgIpc) is 2.82. The number of ether oxygens (including phenoxy) is 1. The fraction of sp³-hybridized carbons (Fsp3) is 0.478. The van der Waals surface area contributed by atoms with Crippen LogP contribution in [0.4, 0.5) is 5.82 Å². The predicted octanol–water partition coefficient (Wildman–Crippen LogP) is 2.21. The number of amides is 2. The van der Waals surface area contributed by atoms with Gasteiger partial charge < -0.3 is 19.9 Å². The van der Waals surface area contributed by atoms with Gasteiger partial charge in [0.25, 0.3) is 5.91 Å². The van der Waals surface area contributed by atoms with Crippen molar-refractivity contribution in [1.82, 2.24) is 19.8 Å². The molecule has 1 aromatic heterocycles. The van der Waals surface area contributed by atoms with Crippen molar-refractivity contribution >= 4 is 17.6 Å². The van der Waals surface area contributed by atoms with E-state index in [0.29, 0.717) is 31.8 Å². The number of hydrogen-bond acceptors (Lipinski definition) is 6. The molecule has 0 unspecified atom stereocenters. The Bertz CT molecular complexity index is 950. The van der Waals surface area contributed by atoms with Crippen molar-refractivity contribution in [2.45, 2.75) is 38.6 Å². The van der Waals surface area contributed by atoms with Gasteiger partial charge in [-0.05, 0) is 31.4 Å². The van der Waals surface area contributed by atoms with Gasteiger partial charge in [0.1, 0.15) is 17.4 Å². The van der Waals surface area contributed by atoms with E-state index in [-0.39, 0.29) is 24.3 Å². The molecular weight excluding hydrogens is 394 g/mol. The number of rotatable bonds is 5. The minimum atomic E-state index is -0.0545. The van der Waals surface area contributed by atoms with Gasteiger partial charge in [0, 0.05) is 45.1 Å². The lowest BCUT2D eigenvalue weighted by Crippen LogP contribution is -2.40. The molecular formula is C23H29N5O3. The standard InChI is InChI=1S/C23H29N5O3/c1-16(29)27-11-6-7-17(13-27)22-25-20-14-28(12-10-19(20)23(24-2)26-22)21(30)15-31-18-8-4-3-5-9-18/h3-5,8-9,17H,6-7,10-15H2,1-2H3,(H,24,25,26)/t17-/m0/s1. The lowest BCUT2D eigenvalue weighted by molar-refractivity contribution is -0.134. The van der Waals surface area contributed by atoms with Crippen LogP contribution in [-0.2, 0) is 22.6 Å². The fourth-order valence-corrected chi connectivity index (χ4v) is 4.28. The van der Waals surface area contributed by atoms with Crippen molar-refractivity contribution in [3.8, 4) is 5.75 Å². The van der Waals surface area contributed by atoms with Crippen LogP contribution in [0.2, 0.25) is 0 Å². The third kappa shape index (κ3) is 4.78. The van der Waals surface area contributed by atoms with E-state index in [9.17, 15) is 9.59 Å². The van der Waals surface area contributed by atoms with E-state index in [0.717, 1.165) is 42.3 Å². The molecule has 3 heterocycles. The van der Waals surface area contributed by atoms with E-state index in [1.807, 2.05) is 42.3 Å². The van der Waals surface area contributed by atoms with Crippen molar-refractivity contribution < 1.29 is 14.3 Å². The van der Waals surface area contributed by atoms with Crippen LogP contribution in [-0.4, -0.2) is 64.9 Å². The highest BCUT2D eigenvalue weighted by Crippen LogP contribution is 2.30. The molecule has 2 aromatic rings. The fourth-order valence-electron chi connectivity index (χ4n) is 4.28. The maximum Gasteiger partial charge on any atom is 0.260 e. The van der Waals surface area contributed by atoms with Gasteiger partial charge in [0.2, 0.25) is 5.91 Å². The second-order valence-corrected chi connectivity index (χ2v) is 8.08. The summed E-state index contributed by atoms with van der Waals surface area (Å²) in [6.07, 6.45) is 2.60. The van der Waals surface area contributed by atoms with Gasteiger partial charge in [0.05, 0.1) is 12.2 Å². The van der Waals surface area contributed by atoms with Crippen molar-refractivity contribution in [2.24, 2.45) is 0 Å². The lowest BCUT2D eigenvalue weighted by Gasteiger charge is -2.33. The maximum atomic E-state index is 12.7. The number of carbonyl (C=O) groups is 2. The summed E-state index contributed by atoms with van der Waals surface area (Å²) in [6.45, 7) is 4.11. The van der Waals surface area contributed by atoms with Crippen LogP contribution in [0.25, 0.3) is 0 Å². The zero-order valence-electron chi connectivity index (χ0n) is 18.1. The quantitative estimate of drug-likeness (QED) is 0.793. The van der Waals surface area contributed by atoms with Crippen LogP contribution in [0.5, 0.6) is 5.75 Å². The van der Waals surface area contributed by atoms with E-state index in [1.165, 1.54) is 0 Å². The first-order valence-electron chi connectivity index (χ1n) is 10.8. The van der Waals surface area contributed by atoms with Gasteiger partial charge >= 0.3 is 0 Å². The summed E-state index contributed by atoms with van der Waals surface area (Å²) in [5, 5.41) is 3.20. The highest BCUT2D eigenvalue weighted by Gasteiger charge is 2.29. The molecule has 4 rings (SSSR count). The number of aromatic nitrogens is 2. The Hall–Kier alpha value is -3.16. The zero-order chi connectivity index (χ0) is 21.8. The van der Waals surface area contributed by atoms with Crippen LogP contribution < -0.4 is 10.1 Å². The number of para-hydroxylation sites is 1. The molecule has 1 aromatic carbocycles. The molecule has 0 spiro atoms. The largest absolute Gasteiger partial charge is 0.484 e. The molecule has 0 bridgehead atoms. The van der Waals surface area contributed by atoms with Crippen molar-refractivity contribution in [3.05, 3.63) is 47.4 Å². The second-order valence-electron chi connectivity index (χ2n) is 8.08. The second kappa shape index (κ2) is 9.32. The van der Waals surface area contributed by atoms with Gasteiger partial charge in [-0.2, -0.15) is 0 Å². The number of piperidine rings is 1.